The minimum absolute atomic E-state index is 0.0593. The van der Waals surface area contributed by atoms with Gasteiger partial charge in [0.25, 0.3) is 0 Å². The van der Waals surface area contributed by atoms with E-state index in [2.05, 4.69) is 17.0 Å². The molecule has 0 aliphatic carbocycles. The monoisotopic (exact) mass is 553 g/mol. The molecule has 2 aliphatic rings. The molecule has 36 heavy (non-hydrogen) atoms. The minimum Gasteiger partial charge on any atom is -0.370 e. The molecule has 1 unspecified atom stereocenters. The van der Waals surface area contributed by atoms with Crippen LogP contribution in [0.3, 0.4) is 0 Å². The molecule has 196 valence electrons. The third-order valence-electron chi connectivity index (χ3n) is 6.78. The molecule has 2 aromatic rings. The molecule has 0 saturated carbocycles. The number of ether oxygens (including phenoxy) is 1. The molecule has 0 radical (unpaired) electrons. The highest BCUT2D eigenvalue weighted by molar-refractivity contribution is 7.89. The van der Waals surface area contributed by atoms with Crippen LogP contribution in [0.1, 0.15) is 31.2 Å². The zero-order valence-electron chi connectivity index (χ0n) is 20.3. The average Bonchev–Trinajstić information content (AvgIpc) is 3.10. The number of rotatable bonds is 8. The van der Waals surface area contributed by atoms with E-state index in [1.54, 1.807) is 6.07 Å². The maximum atomic E-state index is 13.4. The predicted molar refractivity (Wildman–Crippen MR) is 142 cm³/mol. The van der Waals surface area contributed by atoms with Crippen molar-refractivity contribution in [2.24, 2.45) is 0 Å². The van der Waals surface area contributed by atoms with Crippen LogP contribution in [0.15, 0.2) is 53.4 Å². The molecule has 2 fully saturated rings. The Labute approximate surface area is 224 Å². The molecule has 0 bridgehead atoms. The molecular weight excluding hydrogens is 521 g/mol. The molecule has 2 aromatic carbocycles. The number of sulfonamides is 1. The van der Waals surface area contributed by atoms with E-state index in [0.29, 0.717) is 26.1 Å². The van der Waals surface area contributed by atoms with Gasteiger partial charge in [-0.2, -0.15) is 4.31 Å². The summed E-state index contributed by atoms with van der Waals surface area (Å²) in [5.74, 6) is -0.0593. The van der Waals surface area contributed by atoms with Gasteiger partial charge in [-0.3, -0.25) is 9.69 Å². The Bertz CT molecular complexity index is 1110. The third-order valence-corrected chi connectivity index (χ3v) is 9.69. The molecule has 2 saturated heterocycles. The summed E-state index contributed by atoms with van der Waals surface area (Å²) in [4.78, 5) is 17.0. The molecular formula is C26H33Cl2N3O4S. The maximum absolute atomic E-state index is 13.4. The average molecular weight is 555 g/mol. The molecule has 0 N–H and O–H groups in total. The number of halogens is 2. The topological polar surface area (TPSA) is 70.2 Å². The summed E-state index contributed by atoms with van der Waals surface area (Å²) in [6, 6.07) is 14.6. The number of hydrogen-bond donors (Lipinski definition) is 0. The van der Waals surface area contributed by atoms with Crippen molar-refractivity contribution in [1.29, 1.82) is 0 Å². The van der Waals surface area contributed by atoms with Gasteiger partial charge in [-0.05, 0) is 37.0 Å². The number of piperidine rings is 1. The van der Waals surface area contributed by atoms with Crippen molar-refractivity contribution < 1.29 is 17.9 Å². The second-order valence-electron chi connectivity index (χ2n) is 9.33. The fraction of sp³-hybridized carbons (Fsp3) is 0.500. The van der Waals surface area contributed by atoms with Crippen molar-refractivity contribution in [3.05, 3.63) is 64.1 Å². The van der Waals surface area contributed by atoms with E-state index >= 15 is 0 Å². The molecule has 2 heterocycles. The highest BCUT2D eigenvalue weighted by Gasteiger charge is 2.36. The lowest BCUT2D eigenvalue weighted by Crippen LogP contribution is -2.46. The first-order valence-corrected chi connectivity index (χ1v) is 14.6. The van der Waals surface area contributed by atoms with Gasteiger partial charge in [0.1, 0.15) is 11.5 Å². The number of hydrogen-bond acceptors (Lipinski definition) is 5. The molecule has 10 heteroatoms. The lowest BCUT2D eigenvalue weighted by Gasteiger charge is -2.35. The lowest BCUT2D eigenvalue weighted by molar-refractivity contribution is -0.136. The SMILES string of the molecule is O=C(COCC1CCCCN1S(=O)(=O)c1c(Cl)cccc1Cl)N1CCCN(Cc2ccccc2)CC1. The van der Waals surface area contributed by atoms with Crippen LogP contribution in [0.4, 0.5) is 0 Å². The van der Waals surface area contributed by atoms with E-state index in [0.717, 1.165) is 38.9 Å². The highest BCUT2D eigenvalue weighted by Crippen LogP contribution is 2.34. The van der Waals surface area contributed by atoms with Crippen LogP contribution in [0.5, 0.6) is 0 Å². The Morgan fingerprint density at radius 3 is 2.39 bits per heavy atom. The summed E-state index contributed by atoms with van der Waals surface area (Å²) in [7, 11) is -3.89. The van der Waals surface area contributed by atoms with Gasteiger partial charge in [0.2, 0.25) is 15.9 Å². The number of carbonyl (C=O) groups excluding carboxylic acids is 1. The van der Waals surface area contributed by atoms with Crippen LogP contribution < -0.4 is 0 Å². The van der Waals surface area contributed by atoms with Crippen LogP contribution in [0.25, 0.3) is 0 Å². The molecule has 2 aliphatic heterocycles. The van der Waals surface area contributed by atoms with Crippen LogP contribution in [-0.2, 0) is 26.1 Å². The Kier molecular flexibility index (Phi) is 9.66. The van der Waals surface area contributed by atoms with Crippen molar-refractivity contribution in [2.45, 2.75) is 43.2 Å². The predicted octanol–water partition coefficient (Wildman–Crippen LogP) is 4.29. The number of carbonyl (C=O) groups is 1. The second kappa shape index (κ2) is 12.7. The van der Waals surface area contributed by atoms with Gasteiger partial charge >= 0.3 is 0 Å². The van der Waals surface area contributed by atoms with E-state index in [-0.39, 0.29) is 40.1 Å². The van der Waals surface area contributed by atoms with Crippen molar-refractivity contribution in [3.8, 4) is 0 Å². The van der Waals surface area contributed by atoms with Crippen LogP contribution in [0, 0.1) is 0 Å². The van der Waals surface area contributed by atoms with Gasteiger partial charge in [-0.1, -0.05) is 66.0 Å². The van der Waals surface area contributed by atoms with E-state index in [1.165, 1.54) is 22.0 Å². The molecule has 0 aromatic heterocycles. The molecule has 1 atom stereocenters. The second-order valence-corrected chi connectivity index (χ2v) is 12.0. The Morgan fingerprint density at radius 2 is 1.64 bits per heavy atom. The van der Waals surface area contributed by atoms with Gasteiger partial charge in [0.15, 0.2) is 0 Å². The summed E-state index contributed by atoms with van der Waals surface area (Å²) < 4.78 is 34.0. The summed E-state index contributed by atoms with van der Waals surface area (Å²) in [5.41, 5.74) is 1.27. The molecule has 4 rings (SSSR count). The van der Waals surface area contributed by atoms with Crippen LogP contribution >= 0.6 is 23.2 Å². The summed E-state index contributed by atoms with van der Waals surface area (Å²) in [6.45, 7) is 4.45. The number of benzene rings is 2. The summed E-state index contributed by atoms with van der Waals surface area (Å²) in [5, 5.41) is 0.204. The number of nitrogens with zero attached hydrogens (tertiary/aromatic N) is 3. The van der Waals surface area contributed by atoms with E-state index in [9.17, 15) is 13.2 Å². The van der Waals surface area contributed by atoms with Gasteiger partial charge in [-0.15, -0.1) is 0 Å². The van der Waals surface area contributed by atoms with E-state index in [4.69, 9.17) is 27.9 Å². The molecule has 1 amide bonds. The van der Waals surface area contributed by atoms with Gasteiger partial charge in [0, 0.05) is 45.3 Å². The van der Waals surface area contributed by atoms with E-state index in [1.807, 2.05) is 23.1 Å². The zero-order valence-corrected chi connectivity index (χ0v) is 22.6. The zero-order chi connectivity index (χ0) is 25.5. The van der Waals surface area contributed by atoms with Crippen LogP contribution in [-0.4, -0.2) is 80.4 Å². The largest absolute Gasteiger partial charge is 0.370 e. The number of amides is 1. The molecule has 0 spiro atoms. The lowest BCUT2D eigenvalue weighted by atomic mass is 10.1. The van der Waals surface area contributed by atoms with Gasteiger partial charge in [-0.25, -0.2) is 8.42 Å². The van der Waals surface area contributed by atoms with Crippen LogP contribution in [0.2, 0.25) is 10.0 Å². The smallest absolute Gasteiger partial charge is 0.248 e. The Balaban J connectivity index is 1.30. The normalized spacial score (nSPS) is 20.3. The standard InChI is InChI=1S/C26H33Cl2N3O4S/c27-23-11-6-12-24(28)26(23)36(33,34)31-15-5-4-10-22(31)19-35-20-25(32)30-14-7-13-29(16-17-30)18-21-8-2-1-3-9-21/h1-3,6,8-9,11-12,22H,4-5,7,10,13-20H2. The maximum Gasteiger partial charge on any atom is 0.248 e. The first kappa shape index (κ1) is 27.4. The van der Waals surface area contributed by atoms with Gasteiger partial charge < -0.3 is 9.64 Å². The summed E-state index contributed by atoms with van der Waals surface area (Å²) >= 11 is 12.4. The van der Waals surface area contributed by atoms with Gasteiger partial charge in [0.05, 0.1) is 16.7 Å². The van der Waals surface area contributed by atoms with Crippen molar-refractivity contribution in [3.63, 3.8) is 0 Å². The first-order valence-electron chi connectivity index (χ1n) is 12.4. The summed E-state index contributed by atoms with van der Waals surface area (Å²) in [6.07, 6.45) is 3.22. The van der Waals surface area contributed by atoms with Crippen molar-refractivity contribution in [2.75, 3.05) is 45.9 Å². The minimum atomic E-state index is -3.89. The molecule has 7 nitrogen and oxygen atoms in total. The highest BCUT2D eigenvalue weighted by atomic mass is 35.5. The quantitative estimate of drug-likeness (QED) is 0.487. The van der Waals surface area contributed by atoms with Crippen molar-refractivity contribution >= 4 is 39.1 Å². The third kappa shape index (κ3) is 6.79. The Morgan fingerprint density at radius 1 is 0.889 bits per heavy atom. The first-order chi connectivity index (χ1) is 17.4. The fourth-order valence-corrected chi connectivity index (χ4v) is 7.67. The fourth-order valence-electron chi connectivity index (χ4n) is 4.90. The van der Waals surface area contributed by atoms with E-state index < -0.39 is 10.0 Å². The Hall–Kier alpha value is -1.68. The van der Waals surface area contributed by atoms with Crippen molar-refractivity contribution in [1.82, 2.24) is 14.1 Å².